The van der Waals surface area contributed by atoms with Crippen molar-refractivity contribution < 1.29 is 9.59 Å². The van der Waals surface area contributed by atoms with Crippen molar-refractivity contribution in [1.82, 2.24) is 10.6 Å². The van der Waals surface area contributed by atoms with Gasteiger partial charge >= 0.3 is 0 Å². The Labute approximate surface area is 166 Å². The maximum Gasteiger partial charge on any atom is 0.251 e. The van der Waals surface area contributed by atoms with Gasteiger partial charge in [0.1, 0.15) is 6.04 Å². The zero-order valence-corrected chi connectivity index (χ0v) is 17.2. The maximum absolute atomic E-state index is 12.8. The van der Waals surface area contributed by atoms with Crippen LogP contribution < -0.4 is 10.6 Å². The van der Waals surface area contributed by atoms with Crippen molar-refractivity contribution in [3.8, 4) is 0 Å². The van der Waals surface area contributed by atoms with E-state index in [1.165, 1.54) is 0 Å². The number of nitrogens with one attached hydrogen (secondary N) is 2. The lowest BCUT2D eigenvalue weighted by Gasteiger charge is -2.22. The molecule has 2 rings (SSSR count). The third-order valence-electron chi connectivity index (χ3n) is 4.53. The van der Waals surface area contributed by atoms with E-state index in [1.54, 1.807) is 17.8 Å². The monoisotopic (exact) mass is 384 g/mol. The fourth-order valence-corrected chi connectivity index (χ4v) is 3.47. The van der Waals surface area contributed by atoms with Crippen molar-refractivity contribution in [3.05, 3.63) is 70.8 Å². The third-order valence-corrected chi connectivity index (χ3v) is 5.17. The van der Waals surface area contributed by atoms with Crippen molar-refractivity contribution in [2.24, 2.45) is 0 Å². The van der Waals surface area contributed by atoms with Gasteiger partial charge in [0.15, 0.2) is 0 Å². The van der Waals surface area contributed by atoms with Crippen LogP contribution in [0.4, 0.5) is 0 Å². The number of aryl methyl sites for hydroxylation is 2. The Morgan fingerprint density at radius 3 is 2.44 bits per heavy atom. The van der Waals surface area contributed by atoms with E-state index >= 15 is 0 Å². The number of benzene rings is 2. The largest absolute Gasteiger partial charge is 0.348 e. The minimum absolute atomic E-state index is 0.119. The van der Waals surface area contributed by atoms with Crippen molar-refractivity contribution in [1.29, 1.82) is 0 Å². The Kier molecular flexibility index (Phi) is 7.92. The topological polar surface area (TPSA) is 58.2 Å². The summed E-state index contributed by atoms with van der Waals surface area (Å²) < 4.78 is 0. The predicted octanol–water partition coefficient (Wildman–Crippen LogP) is 4.03. The second-order valence-electron chi connectivity index (χ2n) is 6.76. The minimum Gasteiger partial charge on any atom is -0.348 e. The van der Waals surface area contributed by atoms with E-state index in [1.807, 2.05) is 69.5 Å². The molecule has 0 bridgehead atoms. The molecule has 4 nitrogen and oxygen atoms in total. The highest BCUT2D eigenvalue weighted by Gasteiger charge is 2.23. The Balaban J connectivity index is 2.09. The van der Waals surface area contributed by atoms with Gasteiger partial charge in [-0.25, -0.2) is 0 Å². The molecule has 0 aliphatic heterocycles. The van der Waals surface area contributed by atoms with Crippen LogP contribution >= 0.6 is 11.8 Å². The van der Waals surface area contributed by atoms with Gasteiger partial charge in [0.2, 0.25) is 5.91 Å². The Morgan fingerprint density at radius 1 is 1.04 bits per heavy atom. The molecule has 0 saturated heterocycles. The summed E-state index contributed by atoms with van der Waals surface area (Å²) in [5.41, 5.74) is 3.80. The van der Waals surface area contributed by atoms with Gasteiger partial charge < -0.3 is 10.6 Å². The molecular formula is C22H28N2O2S. The van der Waals surface area contributed by atoms with E-state index in [-0.39, 0.29) is 17.9 Å². The number of carbonyl (C=O) groups excluding carboxylic acids is 2. The molecule has 5 heteroatoms. The molecule has 2 aromatic carbocycles. The van der Waals surface area contributed by atoms with Crippen LogP contribution in [0.15, 0.2) is 48.5 Å². The molecule has 0 saturated carbocycles. The smallest absolute Gasteiger partial charge is 0.251 e. The van der Waals surface area contributed by atoms with Gasteiger partial charge in [-0.15, -0.1) is 0 Å². The molecule has 0 heterocycles. The van der Waals surface area contributed by atoms with Gasteiger partial charge in [-0.05, 0) is 62.5 Å². The molecule has 0 spiro atoms. The lowest BCUT2D eigenvalue weighted by atomic mass is 10.0. The zero-order chi connectivity index (χ0) is 19.8. The molecular weight excluding hydrogens is 356 g/mol. The lowest BCUT2D eigenvalue weighted by molar-refractivity contribution is -0.123. The first-order valence-corrected chi connectivity index (χ1v) is 10.5. The highest BCUT2D eigenvalue weighted by molar-refractivity contribution is 7.98. The van der Waals surface area contributed by atoms with Crippen LogP contribution in [0, 0.1) is 13.8 Å². The van der Waals surface area contributed by atoms with Gasteiger partial charge in [0.25, 0.3) is 5.91 Å². The van der Waals surface area contributed by atoms with Gasteiger partial charge in [-0.2, -0.15) is 11.8 Å². The van der Waals surface area contributed by atoms with E-state index in [0.717, 1.165) is 22.4 Å². The molecule has 0 aliphatic rings. The van der Waals surface area contributed by atoms with Crippen molar-refractivity contribution >= 4 is 23.6 Å². The van der Waals surface area contributed by atoms with E-state index in [0.29, 0.717) is 12.0 Å². The number of carbonyl (C=O) groups is 2. The fraction of sp³-hybridized carbons (Fsp3) is 0.364. The summed E-state index contributed by atoms with van der Waals surface area (Å²) in [5.74, 6) is 0.426. The summed E-state index contributed by atoms with van der Waals surface area (Å²) in [6.45, 7) is 5.94. The standard InChI is InChI=1S/C22H28N2O2S/c1-15-8-7-10-18(14-15)21(25)24-20(12-13-27-4)22(26)23-17(3)19-11-6-5-9-16(19)2/h5-11,14,17,20H,12-13H2,1-4H3,(H,23,26)(H,24,25). The summed E-state index contributed by atoms with van der Waals surface area (Å²) >= 11 is 1.66. The van der Waals surface area contributed by atoms with E-state index in [4.69, 9.17) is 0 Å². The number of hydrogen-bond donors (Lipinski definition) is 2. The second kappa shape index (κ2) is 10.2. The molecule has 0 aromatic heterocycles. The highest BCUT2D eigenvalue weighted by atomic mass is 32.2. The molecule has 2 atom stereocenters. The van der Waals surface area contributed by atoms with Crippen LogP contribution in [-0.4, -0.2) is 29.9 Å². The SMILES string of the molecule is CSCCC(NC(=O)c1cccc(C)c1)C(=O)NC(C)c1ccccc1C. The number of hydrogen-bond acceptors (Lipinski definition) is 3. The molecule has 2 N–H and O–H groups in total. The molecule has 0 fully saturated rings. The summed E-state index contributed by atoms with van der Waals surface area (Å²) in [7, 11) is 0. The van der Waals surface area contributed by atoms with Crippen LogP contribution in [0.1, 0.15) is 46.4 Å². The molecule has 27 heavy (non-hydrogen) atoms. The predicted molar refractivity (Wildman–Crippen MR) is 113 cm³/mol. The molecule has 2 aromatic rings. The highest BCUT2D eigenvalue weighted by Crippen LogP contribution is 2.17. The molecule has 144 valence electrons. The number of thioether (sulfide) groups is 1. The van der Waals surface area contributed by atoms with Gasteiger partial charge in [0.05, 0.1) is 6.04 Å². The quantitative estimate of drug-likeness (QED) is 0.722. The Bertz CT molecular complexity index is 791. The van der Waals surface area contributed by atoms with Crippen LogP contribution in [0.25, 0.3) is 0 Å². The average molecular weight is 385 g/mol. The minimum atomic E-state index is -0.558. The molecule has 2 unspecified atom stereocenters. The van der Waals surface area contributed by atoms with Gasteiger partial charge in [-0.3, -0.25) is 9.59 Å². The molecule has 2 amide bonds. The maximum atomic E-state index is 12.8. The first-order valence-electron chi connectivity index (χ1n) is 9.14. The third kappa shape index (κ3) is 6.14. The van der Waals surface area contributed by atoms with Crippen LogP contribution in [0.3, 0.4) is 0 Å². The normalized spacial score (nSPS) is 12.9. The van der Waals surface area contributed by atoms with E-state index in [2.05, 4.69) is 10.6 Å². The van der Waals surface area contributed by atoms with Crippen molar-refractivity contribution in [2.75, 3.05) is 12.0 Å². The van der Waals surface area contributed by atoms with Crippen LogP contribution in [0.5, 0.6) is 0 Å². The summed E-state index contributed by atoms with van der Waals surface area (Å²) in [5, 5.41) is 5.95. The molecule has 0 aliphatic carbocycles. The fourth-order valence-electron chi connectivity index (χ4n) is 3.00. The first-order chi connectivity index (χ1) is 12.9. The number of amides is 2. The van der Waals surface area contributed by atoms with Crippen molar-refractivity contribution in [3.63, 3.8) is 0 Å². The first kappa shape index (κ1) is 21.0. The van der Waals surface area contributed by atoms with E-state index in [9.17, 15) is 9.59 Å². The summed E-state index contributed by atoms with van der Waals surface area (Å²) in [6.07, 6.45) is 2.58. The summed E-state index contributed by atoms with van der Waals surface area (Å²) in [6, 6.07) is 14.7. The van der Waals surface area contributed by atoms with Gasteiger partial charge in [0, 0.05) is 5.56 Å². The van der Waals surface area contributed by atoms with Crippen LogP contribution in [0.2, 0.25) is 0 Å². The molecule has 0 radical (unpaired) electrons. The number of rotatable bonds is 8. The van der Waals surface area contributed by atoms with Gasteiger partial charge in [-0.1, -0.05) is 42.0 Å². The van der Waals surface area contributed by atoms with Crippen molar-refractivity contribution in [2.45, 2.75) is 39.3 Å². The zero-order valence-electron chi connectivity index (χ0n) is 16.4. The lowest BCUT2D eigenvalue weighted by Crippen LogP contribution is -2.47. The second-order valence-corrected chi connectivity index (χ2v) is 7.75. The average Bonchev–Trinajstić information content (AvgIpc) is 2.65. The Morgan fingerprint density at radius 2 is 1.78 bits per heavy atom. The summed E-state index contributed by atoms with van der Waals surface area (Å²) in [4.78, 5) is 25.4. The van der Waals surface area contributed by atoms with Crippen LogP contribution in [-0.2, 0) is 4.79 Å². The van der Waals surface area contributed by atoms with E-state index < -0.39 is 6.04 Å². The Hall–Kier alpha value is -2.27.